The highest BCUT2D eigenvalue weighted by Crippen LogP contribution is 2.18. The van der Waals surface area contributed by atoms with Crippen LogP contribution < -0.4 is 20.8 Å². The summed E-state index contributed by atoms with van der Waals surface area (Å²) in [6, 6.07) is 6.34. The summed E-state index contributed by atoms with van der Waals surface area (Å²) < 4.78 is 11.6. The summed E-state index contributed by atoms with van der Waals surface area (Å²) in [6.07, 6.45) is 3.52. The molecule has 2 aromatic rings. The average molecular weight is 458 g/mol. The highest BCUT2D eigenvalue weighted by Gasteiger charge is 2.23. The number of carbonyl (C=O) groups is 3. The lowest BCUT2D eigenvalue weighted by atomic mass is 10.1. The minimum Gasteiger partial charge on any atom is -0.496 e. The molecular weight excluding hydrogens is 426 g/mol. The molecule has 1 heterocycles. The summed E-state index contributed by atoms with van der Waals surface area (Å²) >= 11 is 0. The third-order valence-electron chi connectivity index (χ3n) is 5.02. The topological polar surface area (TPSA) is 116 Å². The second-order valence-electron chi connectivity index (χ2n) is 8.06. The molecule has 1 atom stereocenters. The fraction of sp³-hybridized carbons (Fsp3) is 0.417. The van der Waals surface area contributed by atoms with Crippen LogP contribution in [0.15, 0.2) is 41.5 Å². The van der Waals surface area contributed by atoms with Crippen LogP contribution >= 0.6 is 0 Å². The standard InChI is InChI=1S/C24H31N3O6/c1-15(2)10-11-25-22(29)18-13-27(12-17-8-6-7-9-20(17)32-4)14-19(21(18)28)23(30)26-16(3)24(31)33-5/h6-9,13-16H,10-12H2,1-5H3,(H,25,29)(H,26,30)/t16-/m1/s1. The van der Waals surface area contributed by atoms with Crippen LogP contribution in [0.3, 0.4) is 0 Å². The molecule has 9 nitrogen and oxygen atoms in total. The Bertz CT molecular complexity index is 1060. The molecule has 1 aromatic heterocycles. The molecule has 0 aliphatic heterocycles. The number of rotatable bonds is 10. The van der Waals surface area contributed by atoms with Crippen molar-refractivity contribution < 1.29 is 23.9 Å². The maximum absolute atomic E-state index is 13.0. The molecule has 0 bridgehead atoms. The van der Waals surface area contributed by atoms with Gasteiger partial charge in [-0.1, -0.05) is 32.0 Å². The lowest BCUT2D eigenvalue weighted by molar-refractivity contribution is -0.142. The van der Waals surface area contributed by atoms with E-state index >= 15 is 0 Å². The number of esters is 1. The second-order valence-corrected chi connectivity index (χ2v) is 8.06. The van der Waals surface area contributed by atoms with Crippen molar-refractivity contribution in [3.63, 3.8) is 0 Å². The average Bonchev–Trinajstić information content (AvgIpc) is 2.79. The Labute approximate surface area is 193 Å². The van der Waals surface area contributed by atoms with Crippen molar-refractivity contribution in [2.24, 2.45) is 5.92 Å². The number of nitrogens with zero attached hydrogens (tertiary/aromatic N) is 1. The molecule has 33 heavy (non-hydrogen) atoms. The normalized spacial score (nSPS) is 11.6. The summed E-state index contributed by atoms with van der Waals surface area (Å²) in [6.45, 7) is 6.15. The van der Waals surface area contributed by atoms with Crippen molar-refractivity contribution in [1.29, 1.82) is 0 Å². The van der Waals surface area contributed by atoms with Crippen molar-refractivity contribution in [1.82, 2.24) is 15.2 Å². The molecule has 9 heteroatoms. The number of amides is 2. The van der Waals surface area contributed by atoms with Crippen LogP contribution in [0.25, 0.3) is 0 Å². The number of pyridine rings is 1. The zero-order chi connectivity index (χ0) is 24.5. The molecular formula is C24H31N3O6. The highest BCUT2D eigenvalue weighted by molar-refractivity contribution is 6.00. The Hall–Kier alpha value is -3.62. The highest BCUT2D eigenvalue weighted by atomic mass is 16.5. The van der Waals surface area contributed by atoms with Crippen LogP contribution in [0, 0.1) is 5.92 Å². The number of nitrogens with one attached hydrogen (secondary N) is 2. The minimum absolute atomic E-state index is 0.160. The Morgan fingerprint density at radius 1 is 1.00 bits per heavy atom. The van der Waals surface area contributed by atoms with E-state index in [0.29, 0.717) is 18.2 Å². The van der Waals surface area contributed by atoms with Gasteiger partial charge in [-0.2, -0.15) is 0 Å². The van der Waals surface area contributed by atoms with E-state index in [1.165, 1.54) is 26.4 Å². The fourth-order valence-electron chi connectivity index (χ4n) is 3.16. The Balaban J connectivity index is 2.45. The monoisotopic (exact) mass is 457 g/mol. The van der Waals surface area contributed by atoms with E-state index in [0.717, 1.165) is 12.0 Å². The number of ether oxygens (including phenoxy) is 2. The quantitative estimate of drug-likeness (QED) is 0.527. The van der Waals surface area contributed by atoms with Gasteiger partial charge in [-0.3, -0.25) is 14.4 Å². The Morgan fingerprint density at radius 3 is 2.24 bits per heavy atom. The molecule has 2 rings (SSSR count). The van der Waals surface area contributed by atoms with Gasteiger partial charge in [0.05, 0.1) is 20.8 Å². The van der Waals surface area contributed by atoms with Crippen molar-refractivity contribution in [2.45, 2.75) is 39.8 Å². The SMILES string of the molecule is COC(=O)[C@@H](C)NC(=O)c1cn(Cc2ccccc2OC)cc(C(=O)NCCC(C)C)c1=O. The Morgan fingerprint density at radius 2 is 1.64 bits per heavy atom. The van der Waals surface area contributed by atoms with Gasteiger partial charge in [-0.15, -0.1) is 0 Å². The lowest BCUT2D eigenvalue weighted by Crippen LogP contribution is -2.42. The Kier molecular flexibility index (Phi) is 9.20. The number of benzene rings is 1. The van der Waals surface area contributed by atoms with Crippen LogP contribution in [0.1, 0.15) is 53.5 Å². The first kappa shape index (κ1) is 25.6. The predicted molar refractivity (Wildman–Crippen MR) is 124 cm³/mol. The molecule has 0 aliphatic carbocycles. The second kappa shape index (κ2) is 11.8. The van der Waals surface area contributed by atoms with E-state index in [-0.39, 0.29) is 17.7 Å². The smallest absolute Gasteiger partial charge is 0.328 e. The van der Waals surface area contributed by atoms with Gasteiger partial charge in [0.1, 0.15) is 22.9 Å². The maximum atomic E-state index is 13.0. The van der Waals surface area contributed by atoms with E-state index < -0.39 is 29.3 Å². The molecule has 0 spiro atoms. The zero-order valence-electron chi connectivity index (χ0n) is 19.6. The molecule has 0 fully saturated rings. The first-order valence-electron chi connectivity index (χ1n) is 10.7. The molecule has 0 radical (unpaired) electrons. The maximum Gasteiger partial charge on any atom is 0.328 e. The van der Waals surface area contributed by atoms with E-state index in [1.54, 1.807) is 17.7 Å². The van der Waals surface area contributed by atoms with Crippen LogP contribution in [0.4, 0.5) is 0 Å². The number of methoxy groups -OCH3 is 2. The third kappa shape index (κ3) is 6.93. The molecule has 0 saturated heterocycles. The van der Waals surface area contributed by atoms with E-state index in [9.17, 15) is 19.2 Å². The number of hydrogen-bond acceptors (Lipinski definition) is 6. The van der Waals surface area contributed by atoms with Crippen molar-refractivity contribution in [3.8, 4) is 5.75 Å². The third-order valence-corrected chi connectivity index (χ3v) is 5.02. The van der Waals surface area contributed by atoms with Gasteiger partial charge >= 0.3 is 5.97 Å². The minimum atomic E-state index is -0.965. The predicted octanol–water partition coefficient (Wildman–Crippen LogP) is 1.97. The van der Waals surface area contributed by atoms with Crippen molar-refractivity contribution >= 4 is 17.8 Å². The number of para-hydroxylation sites is 1. The summed E-state index contributed by atoms with van der Waals surface area (Å²) in [7, 11) is 2.75. The number of aromatic nitrogens is 1. The summed E-state index contributed by atoms with van der Waals surface area (Å²) in [5, 5.41) is 5.18. The first-order valence-corrected chi connectivity index (χ1v) is 10.7. The molecule has 2 amide bonds. The van der Waals surface area contributed by atoms with Gasteiger partial charge in [0, 0.05) is 24.5 Å². The lowest BCUT2D eigenvalue weighted by Gasteiger charge is -2.16. The van der Waals surface area contributed by atoms with E-state index in [1.807, 2.05) is 32.0 Å². The number of hydrogen-bond donors (Lipinski definition) is 2. The van der Waals surface area contributed by atoms with Gasteiger partial charge in [-0.05, 0) is 25.3 Å². The summed E-state index contributed by atoms with van der Waals surface area (Å²) in [5.74, 6) is -0.984. The van der Waals surface area contributed by atoms with Gasteiger partial charge in [0.15, 0.2) is 0 Å². The van der Waals surface area contributed by atoms with Gasteiger partial charge < -0.3 is 24.7 Å². The largest absolute Gasteiger partial charge is 0.496 e. The summed E-state index contributed by atoms with van der Waals surface area (Å²) in [4.78, 5) is 50.3. The number of carbonyl (C=O) groups excluding carboxylic acids is 3. The van der Waals surface area contributed by atoms with E-state index in [4.69, 9.17) is 4.74 Å². The molecule has 0 saturated carbocycles. The molecule has 2 N–H and O–H groups in total. The summed E-state index contributed by atoms with van der Waals surface area (Å²) in [5.41, 5.74) is -0.337. The molecule has 1 aromatic carbocycles. The fourth-order valence-corrected chi connectivity index (χ4v) is 3.16. The molecule has 0 aliphatic rings. The van der Waals surface area contributed by atoms with E-state index in [2.05, 4.69) is 15.4 Å². The van der Waals surface area contributed by atoms with Gasteiger partial charge in [0.2, 0.25) is 5.43 Å². The van der Waals surface area contributed by atoms with Crippen LogP contribution in [0.5, 0.6) is 5.75 Å². The van der Waals surface area contributed by atoms with Crippen molar-refractivity contribution in [2.75, 3.05) is 20.8 Å². The van der Waals surface area contributed by atoms with Crippen LogP contribution in [-0.4, -0.2) is 49.2 Å². The first-order chi connectivity index (χ1) is 15.7. The zero-order valence-corrected chi connectivity index (χ0v) is 19.6. The van der Waals surface area contributed by atoms with Crippen LogP contribution in [-0.2, 0) is 16.1 Å². The molecule has 0 unspecified atom stereocenters. The van der Waals surface area contributed by atoms with Crippen molar-refractivity contribution in [3.05, 3.63) is 63.6 Å². The van der Waals surface area contributed by atoms with Gasteiger partial charge in [0.25, 0.3) is 11.8 Å². The molecule has 178 valence electrons. The van der Waals surface area contributed by atoms with Crippen LogP contribution in [0.2, 0.25) is 0 Å². The van der Waals surface area contributed by atoms with Gasteiger partial charge in [-0.25, -0.2) is 4.79 Å².